The first kappa shape index (κ1) is 16.0. The fourth-order valence-corrected chi connectivity index (χ4v) is 3.58. The molecule has 1 aliphatic heterocycles. The van der Waals surface area contributed by atoms with E-state index in [9.17, 15) is 9.59 Å². The van der Waals surface area contributed by atoms with Crippen LogP contribution in [0.2, 0.25) is 5.02 Å². The molecule has 1 aliphatic rings. The molecule has 1 aromatic carbocycles. The summed E-state index contributed by atoms with van der Waals surface area (Å²) >= 11 is 7.16. The lowest BCUT2D eigenvalue weighted by molar-refractivity contribution is -0.116. The highest BCUT2D eigenvalue weighted by atomic mass is 35.5. The van der Waals surface area contributed by atoms with E-state index in [2.05, 4.69) is 15.6 Å². The Kier molecular flexibility index (Phi) is 4.93. The Morgan fingerprint density at radius 1 is 1.43 bits per heavy atom. The summed E-state index contributed by atoms with van der Waals surface area (Å²) in [6.45, 7) is 0.670. The predicted octanol–water partition coefficient (Wildman–Crippen LogP) is 3.04. The normalized spacial score (nSPS) is 13.9. The molecule has 1 aromatic heterocycles. The summed E-state index contributed by atoms with van der Waals surface area (Å²) in [6, 6.07) is 7.46. The molecule has 0 unspecified atom stereocenters. The average Bonchev–Trinajstić information content (AvgIpc) is 2.84. The summed E-state index contributed by atoms with van der Waals surface area (Å²) < 4.78 is 0. The fourth-order valence-electron chi connectivity index (χ4n) is 2.42. The Balaban J connectivity index is 1.60. The molecule has 2 heterocycles. The third-order valence-corrected chi connectivity index (χ3v) is 4.80. The van der Waals surface area contributed by atoms with Crippen LogP contribution in [-0.4, -0.2) is 23.3 Å². The van der Waals surface area contributed by atoms with E-state index in [4.69, 9.17) is 11.6 Å². The van der Waals surface area contributed by atoms with Crippen LogP contribution in [0.5, 0.6) is 0 Å². The Hall–Kier alpha value is -1.92. The molecule has 2 N–H and O–H groups in total. The van der Waals surface area contributed by atoms with Crippen LogP contribution in [0.4, 0.5) is 5.13 Å². The van der Waals surface area contributed by atoms with Gasteiger partial charge in [0, 0.05) is 18.0 Å². The molecule has 0 radical (unpaired) electrons. The smallest absolute Gasteiger partial charge is 0.263 e. The first-order chi connectivity index (χ1) is 11.1. The third-order valence-electron chi connectivity index (χ3n) is 3.56. The number of amides is 2. The lowest BCUT2D eigenvalue weighted by Crippen LogP contribution is -2.21. The number of anilines is 1. The zero-order chi connectivity index (χ0) is 16.2. The van der Waals surface area contributed by atoms with Crippen molar-refractivity contribution in [3.8, 4) is 0 Å². The van der Waals surface area contributed by atoms with Crippen molar-refractivity contribution in [1.82, 2.24) is 10.3 Å². The van der Waals surface area contributed by atoms with Crippen molar-refractivity contribution in [2.75, 3.05) is 11.9 Å². The van der Waals surface area contributed by atoms with Gasteiger partial charge in [-0.1, -0.05) is 35.1 Å². The monoisotopic (exact) mass is 349 g/mol. The molecule has 0 atom stereocenters. The van der Waals surface area contributed by atoms with Crippen LogP contribution in [0.15, 0.2) is 24.3 Å². The topological polar surface area (TPSA) is 71.1 Å². The molecule has 23 heavy (non-hydrogen) atoms. The van der Waals surface area contributed by atoms with Crippen molar-refractivity contribution in [3.05, 3.63) is 45.4 Å². The van der Waals surface area contributed by atoms with Gasteiger partial charge in [-0.15, -0.1) is 0 Å². The molecule has 2 aromatic rings. The van der Waals surface area contributed by atoms with Gasteiger partial charge in [0.25, 0.3) is 5.91 Å². The summed E-state index contributed by atoms with van der Waals surface area (Å²) in [5, 5.41) is 6.76. The molecule has 0 fully saturated rings. The summed E-state index contributed by atoms with van der Waals surface area (Å²) in [5.41, 5.74) is 1.79. The van der Waals surface area contributed by atoms with Crippen LogP contribution < -0.4 is 10.6 Å². The SMILES string of the molecule is O=C(CCc1cccc(Cl)c1)Nc1nc2c(s1)C(=O)NCCC2. The van der Waals surface area contributed by atoms with Gasteiger partial charge in [-0.05, 0) is 37.0 Å². The minimum absolute atomic E-state index is 0.102. The summed E-state index contributed by atoms with van der Waals surface area (Å²) in [4.78, 5) is 28.9. The van der Waals surface area contributed by atoms with Gasteiger partial charge in [0.2, 0.25) is 5.91 Å². The first-order valence-electron chi connectivity index (χ1n) is 7.44. The van der Waals surface area contributed by atoms with Gasteiger partial charge in [0.05, 0.1) is 5.69 Å². The van der Waals surface area contributed by atoms with E-state index in [1.54, 1.807) is 6.07 Å². The van der Waals surface area contributed by atoms with Crippen molar-refractivity contribution in [3.63, 3.8) is 0 Å². The number of thiazole rings is 1. The molecule has 0 saturated heterocycles. The average molecular weight is 350 g/mol. The second-order valence-electron chi connectivity index (χ2n) is 5.33. The molecule has 3 rings (SSSR count). The predicted molar refractivity (Wildman–Crippen MR) is 91.2 cm³/mol. The summed E-state index contributed by atoms with van der Waals surface area (Å²) in [5.74, 6) is -0.219. The van der Waals surface area contributed by atoms with E-state index in [-0.39, 0.29) is 11.8 Å². The Morgan fingerprint density at radius 2 is 2.30 bits per heavy atom. The van der Waals surface area contributed by atoms with Gasteiger partial charge < -0.3 is 10.6 Å². The quantitative estimate of drug-likeness (QED) is 0.891. The number of benzene rings is 1. The number of carbonyl (C=O) groups excluding carboxylic acids is 2. The van der Waals surface area contributed by atoms with Crippen molar-refractivity contribution in [2.45, 2.75) is 25.7 Å². The van der Waals surface area contributed by atoms with Crippen LogP contribution in [0.1, 0.15) is 33.8 Å². The fraction of sp³-hybridized carbons (Fsp3) is 0.312. The van der Waals surface area contributed by atoms with Crippen LogP contribution >= 0.6 is 22.9 Å². The van der Waals surface area contributed by atoms with Gasteiger partial charge in [-0.2, -0.15) is 0 Å². The summed E-state index contributed by atoms with van der Waals surface area (Å²) in [7, 11) is 0. The van der Waals surface area contributed by atoms with Gasteiger partial charge in [0.15, 0.2) is 5.13 Å². The maximum Gasteiger partial charge on any atom is 0.263 e. The number of rotatable bonds is 4. The Morgan fingerprint density at radius 3 is 3.13 bits per heavy atom. The van der Waals surface area contributed by atoms with Gasteiger partial charge in [-0.25, -0.2) is 4.98 Å². The zero-order valence-electron chi connectivity index (χ0n) is 12.4. The second-order valence-corrected chi connectivity index (χ2v) is 6.77. The molecular formula is C16H16ClN3O2S. The lowest BCUT2D eigenvalue weighted by atomic mass is 10.1. The van der Waals surface area contributed by atoms with Crippen molar-refractivity contribution in [2.24, 2.45) is 0 Å². The van der Waals surface area contributed by atoms with E-state index in [1.807, 2.05) is 18.2 Å². The molecule has 0 bridgehead atoms. The maximum absolute atomic E-state index is 12.1. The highest BCUT2D eigenvalue weighted by Crippen LogP contribution is 2.25. The molecule has 0 spiro atoms. The standard InChI is InChI=1S/C16H16ClN3O2S/c17-11-4-1-3-10(9-11)6-7-13(21)20-16-19-12-5-2-8-18-15(22)14(12)23-16/h1,3-4,9H,2,5-8H2,(H,18,22)(H,19,20,21). The van der Waals surface area contributed by atoms with Crippen molar-refractivity contribution >= 4 is 39.9 Å². The maximum atomic E-state index is 12.1. The number of nitrogens with zero attached hydrogens (tertiary/aromatic N) is 1. The molecule has 7 heteroatoms. The minimum Gasteiger partial charge on any atom is -0.351 e. The van der Waals surface area contributed by atoms with Crippen molar-refractivity contribution < 1.29 is 9.59 Å². The summed E-state index contributed by atoms with van der Waals surface area (Å²) in [6.07, 6.45) is 2.57. The van der Waals surface area contributed by atoms with E-state index in [1.165, 1.54) is 11.3 Å². The van der Waals surface area contributed by atoms with E-state index in [0.29, 0.717) is 34.4 Å². The zero-order valence-corrected chi connectivity index (χ0v) is 14.0. The third kappa shape index (κ3) is 4.09. The molecule has 0 saturated carbocycles. The molecule has 120 valence electrons. The largest absolute Gasteiger partial charge is 0.351 e. The van der Waals surface area contributed by atoms with Gasteiger partial charge in [-0.3, -0.25) is 9.59 Å². The number of aryl methyl sites for hydroxylation is 2. The highest BCUT2D eigenvalue weighted by Gasteiger charge is 2.21. The van der Waals surface area contributed by atoms with E-state index >= 15 is 0 Å². The lowest BCUT2D eigenvalue weighted by Gasteiger charge is -2.03. The van der Waals surface area contributed by atoms with Crippen LogP contribution in [-0.2, 0) is 17.6 Å². The number of halogens is 1. The number of hydrogen-bond acceptors (Lipinski definition) is 4. The molecule has 0 aliphatic carbocycles. The van der Waals surface area contributed by atoms with Crippen LogP contribution in [0, 0.1) is 0 Å². The minimum atomic E-state index is -0.116. The number of fused-ring (bicyclic) bond motifs is 1. The number of hydrogen-bond donors (Lipinski definition) is 2. The highest BCUT2D eigenvalue weighted by molar-refractivity contribution is 7.17. The van der Waals surface area contributed by atoms with Gasteiger partial charge >= 0.3 is 0 Å². The molecular weight excluding hydrogens is 334 g/mol. The number of carbonyl (C=O) groups is 2. The number of nitrogens with one attached hydrogen (secondary N) is 2. The second kappa shape index (κ2) is 7.10. The Labute approximate surface area is 143 Å². The first-order valence-corrected chi connectivity index (χ1v) is 8.63. The van der Waals surface area contributed by atoms with Crippen LogP contribution in [0.25, 0.3) is 0 Å². The van der Waals surface area contributed by atoms with E-state index < -0.39 is 0 Å². The van der Waals surface area contributed by atoms with E-state index in [0.717, 1.165) is 24.1 Å². The van der Waals surface area contributed by atoms with Crippen molar-refractivity contribution in [1.29, 1.82) is 0 Å². The molecule has 5 nitrogen and oxygen atoms in total. The number of aromatic nitrogens is 1. The Bertz CT molecular complexity index is 745. The van der Waals surface area contributed by atoms with Crippen LogP contribution in [0.3, 0.4) is 0 Å². The molecule has 2 amide bonds. The van der Waals surface area contributed by atoms with Gasteiger partial charge in [0.1, 0.15) is 4.88 Å².